The Morgan fingerprint density at radius 3 is 2.43 bits per heavy atom. The lowest BCUT2D eigenvalue weighted by molar-refractivity contribution is 0.0593. The second kappa shape index (κ2) is 8.42. The van der Waals surface area contributed by atoms with Crippen LogP contribution in [0.1, 0.15) is 72.4 Å². The van der Waals surface area contributed by atoms with Gasteiger partial charge in [0.05, 0.1) is 10.3 Å². The Morgan fingerprint density at radius 1 is 0.967 bits per heavy atom. The smallest absolute Gasteiger partial charge is 0.264 e. The summed E-state index contributed by atoms with van der Waals surface area (Å²) in [5, 5.41) is 0.664. The minimum atomic E-state index is 0.0495. The lowest BCUT2D eigenvalue weighted by Crippen LogP contribution is -2.48. The van der Waals surface area contributed by atoms with Crippen molar-refractivity contribution in [3.8, 4) is 0 Å². The van der Waals surface area contributed by atoms with E-state index in [0.29, 0.717) is 16.3 Å². The number of carbonyl (C=O) groups excluding carboxylic acids is 1. The van der Waals surface area contributed by atoms with E-state index in [1.165, 1.54) is 43.7 Å². The average Bonchev–Trinajstić information content (AvgIpc) is 2.95. The van der Waals surface area contributed by atoms with Crippen LogP contribution in [-0.2, 0) is 13.0 Å². The number of hydrogen-bond acceptors (Lipinski definition) is 5. The van der Waals surface area contributed by atoms with Gasteiger partial charge in [-0.1, -0.05) is 12.8 Å². The van der Waals surface area contributed by atoms with Crippen molar-refractivity contribution >= 4 is 27.5 Å². The molecule has 5 rings (SSSR count). The molecule has 3 aliphatic rings. The SMILES string of the molecule is Cc1c(C(=O)N2CCC(N3CCCCC3)CC2)sc2nc3n(c(=O)c12)CCCCC3. The molecule has 5 heterocycles. The zero-order valence-electron chi connectivity index (χ0n) is 18.0. The highest BCUT2D eigenvalue weighted by Crippen LogP contribution is 2.31. The molecule has 0 spiro atoms. The van der Waals surface area contributed by atoms with E-state index in [2.05, 4.69) is 4.90 Å². The minimum absolute atomic E-state index is 0.0495. The van der Waals surface area contributed by atoms with E-state index in [4.69, 9.17) is 4.98 Å². The first-order chi connectivity index (χ1) is 14.6. The molecule has 7 heteroatoms. The van der Waals surface area contributed by atoms with Crippen LogP contribution < -0.4 is 5.56 Å². The summed E-state index contributed by atoms with van der Waals surface area (Å²) >= 11 is 1.42. The second-order valence-corrected chi connectivity index (χ2v) is 10.2. The second-order valence-electron chi connectivity index (χ2n) is 9.15. The van der Waals surface area contributed by atoms with E-state index in [1.807, 2.05) is 16.4 Å². The Kier molecular flexibility index (Phi) is 5.67. The Labute approximate surface area is 181 Å². The van der Waals surface area contributed by atoms with E-state index in [1.54, 1.807) is 0 Å². The number of nitrogens with zero attached hydrogens (tertiary/aromatic N) is 4. The van der Waals surface area contributed by atoms with Crippen LogP contribution in [0.2, 0.25) is 0 Å². The topological polar surface area (TPSA) is 58.4 Å². The van der Waals surface area contributed by atoms with Crippen LogP contribution >= 0.6 is 11.3 Å². The summed E-state index contributed by atoms with van der Waals surface area (Å²) in [6.07, 6.45) is 10.2. The van der Waals surface area contributed by atoms with Gasteiger partial charge in [-0.3, -0.25) is 14.2 Å². The predicted molar refractivity (Wildman–Crippen MR) is 121 cm³/mol. The van der Waals surface area contributed by atoms with Crippen molar-refractivity contribution < 1.29 is 4.79 Å². The lowest BCUT2D eigenvalue weighted by atomic mass is 9.99. The van der Waals surface area contributed by atoms with E-state index in [0.717, 1.165) is 74.4 Å². The van der Waals surface area contributed by atoms with Gasteiger partial charge in [0.2, 0.25) is 0 Å². The van der Waals surface area contributed by atoms with Gasteiger partial charge in [0, 0.05) is 32.1 Å². The first-order valence-corrected chi connectivity index (χ1v) is 12.5. The van der Waals surface area contributed by atoms with Crippen LogP contribution in [0.15, 0.2) is 4.79 Å². The highest BCUT2D eigenvalue weighted by Gasteiger charge is 2.30. The Balaban J connectivity index is 1.37. The molecule has 2 fully saturated rings. The molecule has 162 valence electrons. The van der Waals surface area contributed by atoms with Gasteiger partial charge in [0.25, 0.3) is 11.5 Å². The van der Waals surface area contributed by atoms with Crippen LogP contribution in [0.4, 0.5) is 0 Å². The van der Waals surface area contributed by atoms with Crippen molar-refractivity contribution in [1.82, 2.24) is 19.4 Å². The van der Waals surface area contributed by atoms with Gasteiger partial charge in [-0.25, -0.2) is 4.98 Å². The molecular formula is C23H32N4O2S. The van der Waals surface area contributed by atoms with Gasteiger partial charge in [0.1, 0.15) is 10.7 Å². The predicted octanol–water partition coefficient (Wildman–Crippen LogP) is 3.58. The van der Waals surface area contributed by atoms with E-state index < -0.39 is 0 Å². The van der Waals surface area contributed by atoms with Gasteiger partial charge in [0.15, 0.2) is 0 Å². The molecule has 6 nitrogen and oxygen atoms in total. The number of thiophene rings is 1. The number of aromatic nitrogens is 2. The van der Waals surface area contributed by atoms with Gasteiger partial charge >= 0.3 is 0 Å². The van der Waals surface area contributed by atoms with Crippen molar-refractivity contribution in [2.75, 3.05) is 26.2 Å². The first kappa shape index (κ1) is 20.2. The Bertz CT molecular complexity index is 997. The highest BCUT2D eigenvalue weighted by atomic mass is 32.1. The maximum atomic E-state index is 13.3. The number of likely N-dealkylation sites (tertiary alicyclic amines) is 2. The van der Waals surface area contributed by atoms with Crippen molar-refractivity contribution in [2.24, 2.45) is 0 Å². The minimum Gasteiger partial charge on any atom is -0.338 e. The quantitative estimate of drug-likeness (QED) is 0.734. The normalized spacial score (nSPS) is 21.6. The average molecular weight is 429 g/mol. The third kappa shape index (κ3) is 3.60. The number of aryl methyl sites for hydroxylation is 2. The first-order valence-electron chi connectivity index (χ1n) is 11.7. The zero-order valence-corrected chi connectivity index (χ0v) is 18.8. The van der Waals surface area contributed by atoms with Crippen LogP contribution in [0.25, 0.3) is 10.2 Å². The molecule has 30 heavy (non-hydrogen) atoms. The summed E-state index contributed by atoms with van der Waals surface area (Å²) in [7, 11) is 0. The number of hydrogen-bond donors (Lipinski definition) is 0. The Morgan fingerprint density at radius 2 is 1.67 bits per heavy atom. The third-order valence-electron chi connectivity index (χ3n) is 7.26. The van der Waals surface area contributed by atoms with Gasteiger partial charge in [-0.15, -0.1) is 11.3 Å². The molecule has 0 atom stereocenters. The molecular weight excluding hydrogens is 396 g/mol. The van der Waals surface area contributed by atoms with Crippen molar-refractivity contribution in [1.29, 1.82) is 0 Å². The summed E-state index contributed by atoms with van der Waals surface area (Å²) in [6.45, 7) is 6.74. The van der Waals surface area contributed by atoms with Crippen molar-refractivity contribution in [3.05, 3.63) is 26.6 Å². The van der Waals surface area contributed by atoms with Gasteiger partial charge < -0.3 is 9.80 Å². The molecule has 2 aromatic heterocycles. The molecule has 2 saturated heterocycles. The molecule has 0 bridgehead atoms. The molecule has 0 unspecified atom stereocenters. The van der Waals surface area contributed by atoms with Crippen LogP contribution in [0.3, 0.4) is 0 Å². The number of piperidine rings is 2. The fraction of sp³-hybridized carbons (Fsp3) is 0.696. The van der Waals surface area contributed by atoms with Crippen LogP contribution in [-0.4, -0.2) is 57.5 Å². The van der Waals surface area contributed by atoms with Gasteiger partial charge in [-0.05, 0) is 64.1 Å². The summed E-state index contributed by atoms with van der Waals surface area (Å²) in [5.74, 6) is 0.986. The molecule has 0 saturated carbocycles. The van der Waals surface area contributed by atoms with E-state index in [9.17, 15) is 9.59 Å². The number of carbonyl (C=O) groups is 1. The molecule has 0 aromatic carbocycles. The van der Waals surface area contributed by atoms with E-state index in [-0.39, 0.29) is 11.5 Å². The largest absolute Gasteiger partial charge is 0.338 e. The lowest BCUT2D eigenvalue weighted by Gasteiger charge is -2.40. The van der Waals surface area contributed by atoms with E-state index >= 15 is 0 Å². The van der Waals surface area contributed by atoms with Gasteiger partial charge in [-0.2, -0.15) is 0 Å². The number of fused-ring (bicyclic) bond motifs is 2. The van der Waals surface area contributed by atoms with Crippen molar-refractivity contribution in [2.45, 2.75) is 77.3 Å². The van der Waals surface area contributed by atoms with Crippen LogP contribution in [0.5, 0.6) is 0 Å². The molecule has 0 radical (unpaired) electrons. The maximum Gasteiger partial charge on any atom is 0.264 e. The fourth-order valence-electron chi connectivity index (χ4n) is 5.48. The summed E-state index contributed by atoms with van der Waals surface area (Å²) in [6, 6.07) is 0.625. The molecule has 2 aromatic rings. The number of amides is 1. The summed E-state index contributed by atoms with van der Waals surface area (Å²) in [5.41, 5.74) is 0.878. The maximum absolute atomic E-state index is 13.3. The van der Waals surface area contributed by atoms with Crippen molar-refractivity contribution in [3.63, 3.8) is 0 Å². The monoisotopic (exact) mass is 428 g/mol. The zero-order chi connectivity index (χ0) is 20.7. The van der Waals surface area contributed by atoms with Crippen LogP contribution in [0, 0.1) is 6.92 Å². The molecule has 0 N–H and O–H groups in total. The Hall–Kier alpha value is -1.73. The standard InChI is InChI=1S/C23H32N4O2S/c1-16-19-21(24-18-8-4-2-7-13-27(18)22(19)28)30-20(16)23(29)26-14-9-17(10-15-26)25-11-5-3-6-12-25/h17H,2-15H2,1H3. The highest BCUT2D eigenvalue weighted by molar-refractivity contribution is 7.20. The number of rotatable bonds is 2. The third-order valence-corrected chi connectivity index (χ3v) is 8.44. The fourth-order valence-corrected chi connectivity index (χ4v) is 6.63. The summed E-state index contributed by atoms with van der Waals surface area (Å²) in [4.78, 5) is 37.4. The molecule has 1 amide bonds. The summed E-state index contributed by atoms with van der Waals surface area (Å²) < 4.78 is 1.85. The molecule has 0 aliphatic carbocycles. The molecule has 3 aliphatic heterocycles.